The first-order chi connectivity index (χ1) is 15.5. The normalized spacial score (nSPS) is 12.5. The molecule has 0 aliphatic carbocycles. The van der Waals surface area contributed by atoms with Gasteiger partial charge in [-0.2, -0.15) is 0 Å². The summed E-state index contributed by atoms with van der Waals surface area (Å²) in [6.45, 7) is 5.32. The lowest BCUT2D eigenvalue weighted by atomic mass is 10.0. The second-order valence-corrected chi connectivity index (χ2v) is 9.58. The number of halogens is 1. The molecule has 5 N–H and O–H groups in total. The number of nitrogens with one attached hydrogen (secondary N) is 1. The molecule has 2 heterocycles. The highest BCUT2D eigenvalue weighted by atomic mass is 32.1. The lowest BCUT2D eigenvalue weighted by Gasteiger charge is -2.16. The number of rotatable bonds is 10. The van der Waals surface area contributed by atoms with Crippen molar-refractivity contribution in [3.8, 4) is 10.4 Å². The van der Waals surface area contributed by atoms with E-state index in [-0.39, 0.29) is 18.8 Å². The number of pyridine rings is 1. The molecule has 0 saturated heterocycles. The summed E-state index contributed by atoms with van der Waals surface area (Å²) >= 11 is 1.19. The molecular weight excluding hydrogens is 445 g/mol. The summed E-state index contributed by atoms with van der Waals surface area (Å²) in [5, 5.41) is 22.8. The molecule has 33 heavy (non-hydrogen) atoms. The van der Waals surface area contributed by atoms with E-state index >= 15 is 0 Å². The Morgan fingerprint density at radius 1 is 1.30 bits per heavy atom. The lowest BCUT2D eigenvalue weighted by molar-refractivity contribution is -0.0276. The maximum Gasteiger partial charge on any atom is 0.251 e. The number of aromatic nitrogens is 1. The van der Waals surface area contributed by atoms with Crippen molar-refractivity contribution in [2.45, 2.75) is 45.5 Å². The van der Waals surface area contributed by atoms with Gasteiger partial charge in [0, 0.05) is 10.4 Å². The van der Waals surface area contributed by atoms with Crippen LogP contribution in [-0.2, 0) is 17.8 Å². The summed E-state index contributed by atoms with van der Waals surface area (Å²) in [5.74, 6) is -0.611. The molecule has 0 spiro atoms. The third-order valence-corrected chi connectivity index (χ3v) is 5.66. The molecular formula is C24H28FN3O4S. The number of primary amides is 1. The fraction of sp³-hybridized carbons (Fsp3) is 0.333. The van der Waals surface area contributed by atoms with Crippen molar-refractivity contribution in [2.24, 2.45) is 5.73 Å². The first kappa shape index (κ1) is 24.8. The molecule has 1 aromatic carbocycles. The SMILES string of the molecule is CC(O)Cc1ccc(-c2cc(C(N)=O)c(Nc3cccc(COCC(C)(C)O)n3)s2)c(F)c1. The number of nitrogens with two attached hydrogens (primary N) is 1. The largest absolute Gasteiger partial charge is 0.393 e. The zero-order valence-corrected chi connectivity index (χ0v) is 19.6. The van der Waals surface area contributed by atoms with Crippen LogP contribution in [0.1, 0.15) is 42.4 Å². The average Bonchev–Trinajstić information content (AvgIpc) is 3.10. The molecule has 0 aliphatic heterocycles. The Kier molecular flexibility index (Phi) is 7.80. The first-order valence-corrected chi connectivity index (χ1v) is 11.3. The van der Waals surface area contributed by atoms with Gasteiger partial charge in [0.2, 0.25) is 0 Å². The number of thiophene rings is 1. The standard InChI is InChI=1S/C24H28FN3O4S/c1-14(29)9-15-7-8-17(19(25)10-15)20-11-18(22(26)30)23(33-20)28-21-6-4-5-16(27-21)12-32-13-24(2,3)31/h4-8,10-11,14,29,31H,9,12-13H2,1-3H3,(H2,26,30)(H,27,28). The van der Waals surface area contributed by atoms with Crippen molar-refractivity contribution in [1.29, 1.82) is 0 Å². The number of nitrogens with zero attached hydrogens (tertiary/aromatic N) is 1. The molecule has 2 aromatic heterocycles. The summed E-state index contributed by atoms with van der Waals surface area (Å²) in [4.78, 5) is 17.0. The smallest absolute Gasteiger partial charge is 0.251 e. The van der Waals surface area contributed by atoms with Crippen LogP contribution >= 0.6 is 11.3 Å². The Morgan fingerprint density at radius 3 is 2.70 bits per heavy atom. The monoisotopic (exact) mass is 473 g/mol. The van der Waals surface area contributed by atoms with Crippen LogP contribution in [0.2, 0.25) is 0 Å². The second kappa shape index (κ2) is 10.4. The Hall–Kier alpha value is -2.85. The topological polar surface area (TPSA) is 118 Å². The molecule has 7 nitrogen and oxygen atoms in total. The van der Waals surface area contributed by atoms with Gasteiger partial charge < -0.3 is 26.0 Å². The highest BCUT2D eigenvalue weighted by Crippen LogP contribution is 2.38. The van der Waals surface area contributed by atoms with Crippen LogP contribution in [0.5, 0.6) is 0 Å². The summed E-state index contributed by atoms with van der Waals surface area (Å²) in [5.41, 5.74) is 6.51. The summed E-state index contributed by atoms with van der Waals surface area (Å²) in [6, 6.07) is 11.6. The Balaban J connectivity index is 1.82. The molecule has 1 amide bonds. The number of carbonyl (C=O) groups is 1. The van der Waals surface area contributed by atoms with Crippen molar-refractivity contribution in [3.63, 3.8) is 0 Å². The third kappa shape index (κ3) is 7.06. The molecule has 3 rings (SSSR count). The van der Waals surface area contributed by atoms with Crippen molar-refractivity contribution < 1.29 is 24.1 Å². The van der Waals surface area contributed by atoms with Crippen LogP contribution in [0, 0.1) is 5.82 Å². The van der Waals surface area contributed by atoms with E-state index in [1.807, 2.05) is 0 Å². The minimum atomic E-state index is -0.941. The molecule has 0 aliphatic rings. The van der Waals surface area contributed by atoms with Gasteiger partial charge in [-0.1, -0.05) is 18.2 Å². The van der Waals surface area contributed by atoms with Gasteiger partial charge in [-0.3, -0.25) is 4.79 Å². The molecule has 0 bridgehead atoms. The van der Waals surface area contributed by atoms with E-state index < -0.39 is 23.4 Å². The highest BCUT2D eigenvalue weighted by molar-refractivity contribution is 7.19. The quantitative estimate of drug-likeness (QED) is 0.354. The maximum absolute atomic E-state index is 14.8. The summed E-state index contributed by atoms with van der Waals surface area (Å²) < 4.78 is 20.2. The van der Waals surface area contributed by atoms with Crippen LogP contribution in [0.25, 0.3) is 10.4 Å². The number of amides is 1. The number of hydrogen-bond donors (Lipinski definition) is 4. The average molecular weight is 474 g/mol. The molecule has 0 radical (unpaired) electrons. The van der Waals surface area contributed by atoms with Gasteiger partial charge in [0.05, 0.1) is 36.2 Å². The van der Waals surface area contributed by atoms with Crippen LogP contribution in [-0.4, -0.2) is 39.4 Å². The van der Waals surface area contributed by atoms with E-state index in [4.69, 9.17) is 10.5 Å². The van der Waals surface area contributed by atoms with E-state index in [2.05, 4.69) is 10.3 Å². The molecule has 176 valence electrons. The van der Waals surface area contributed by atoms with E-state index in [1.54, 1.807) is 57.2 Å². The Morgan fingerprint density at radius 2 is 2.06 bits per heavy atom. The third-order valence-electron chi connectivity index (χ3n) is 4.58. The zero-order valence-electron chi connectivity index (χ0n) is 18.8. The van der Waals surface area contributed by atoms with Gasteiger partial charge in [0.25, 0.3) is 5.91 Å². The van der Waals surface area contributed by atoms with Gasteiger partial charge in [-0.25, -0.2) is 9.37 Å². The van der Waals surface area contributed by atoms with Gasteiger partial charge in [0.1, 0.15) is 16.6 Å². The summed E-state index contributed by atoms with van der Waals surface area (Å²) in [6.07, 6.45) is -0.222. The molecule has 3 aromatic rings. The van der Waals surface area contributed by atoms with E-state index in [0.717, 1.165) is 0 Å². The van der Waals surface area contributed by atoms with Gasteiger partial charge in [-0.05, 0) is 57.0 Å². The predicted octanol–water partition coefficient (Wildman–Crippen LogP) is 4.00. The number of ether oxygens (including phenoxy) is 1. The number of aliphatic hydroxyl groups is 2. The molecule has 0 fully saturated rings. The van der Waals surface area contributed by atoms with E-state index in [9.17, 15) is 19.4 Å². The Bertz CT molecular complexity index is 1130. The van der Waals surface area contributed by atoms with Crippen molar-refractivity contribution in [2.75, 3.05) is 11.9 Å². The molecule has 0 saturated carbocycles. The lowest BCUT2D eigenvalue weighted by Crippen LogP contribution is -2.25. The van der Waals surface area contributed by atoms with Crippen molar-refractivity contribution >= 4 is 28.1 Å². The number of carbonyl (C=O) groups excluding carboxylic acids is 1. The fourth-order valence-corrected chi connectivity index (χ4v) is 4.27. The number of hydrogen-bond acceptors (Lipinski definition) is 7. The van der Waals surface area contributed by atoms with Gasteiger partial charge in [-0.15, -0.1) is 11.3 Å². The fourth-order valence-electron chi connectivity index (χ4n) is 3.18. The predicted molar refractivity (Wildman–Crippen MR) is 127 cm³/mol. The zero-order chi connectivity index (χ0) is 24.2. The molecule has 9 heteroatoms. The van der Waals surface area contributed by atoms with Crippen molar-refractivity contribution in [1.82, 2.24) is 4.98 Å². The van der Waals surface area contributed by atoms with Crippen LogP contribution < -0.4 is 11.1 Å². The second-order valence-electron chi connectivity index (χ2n) is 8.53. The summed E-state index contributed by atoms with van der Waals surface area (Å²) in [7, 11) is 0. The number of benzene rings is 1. The van der Waals surface area contributed by atoms with Crippen LogP contribution in [0.15, 0.2) is 42.5 Å². The van der Waals surface area contributed by atoms with Gasteiger partial charge >= 0.3 is 0 Å². The Labute approximate surface area is 196 Å². The van der Waals surface area contributed by atoms with Crippen molar-refractivity contribution in [3.05, 3.63) is 65.1 Å². The maximum atomic E-state index is 14.8. The van der Waals surface area contributed by atoms with Crippen LogP contribution in [0.3, 0.4) is 0 Å². The van der Waals surface area contributed by atoms with E-state index in [1.165, 1.54) is 17.4 Å². The minimum Gasteiger partial charge on any atom is -0.393 e. The van der Waals surface area contributed by atoms with Crippen LogP contribution in [0.4, 0.5) is 15.2 Å². The molecule has 1 atom stereocenters. The van der Waals surface area contributed by atoms with E-state index in [0.29, 0.717) is 38.9 Å². The highest BCUT2D eigenvalue weighted by Gasteiger charge is 2.18. The number of anilines is 2. The minimum absolute atomic E-state index is 0.161. The van der Waals surface area contributed by atoms with Gasteiger partial charge in [0.15, 0.2) is 0 Å². The molecule has 1 unspecified atom stereocenters. The first-order valence-electron chi connectivity index (χ1n) is 10.5. The number of aliphatic hydroxyl groups excluding tert-OH is 1.